The van der Waals surface area contributed by atoms with Gasteiger partial charge in [0.2, 0.25) is 0 Å². The van der Waals surface area contributed by atoms with E-state index in [-0.39, 0.29) is 0 Å². The van der Waals surface area contributed by atoms with Gasteiger partial charge in [0.1, 0.15) is 0 Å². The Morgan fingerprint density at radius 1 is 0.212 bits per heavy atom. The van der Waals surface area contributed by atoms with Crippen LogP contribution in [0.3, 0.4) is 0 Å². The minimum Gasteiger partial charge on any atom is -0.0616 e. The van der Waals surface area contributed by atoms with Crippen molar-refractivity contribution < 1.29 is 0 Å². The van der Waals surface area contributed by atoms with E-state index in [9.17, 15) is 0 Å². The molecule has 0 N–H and O–H groups in total. The van der Waals surface area contributed by atoms with Gasteiger partial charge in [0, 0.05) is 0 Å². The molecule has 0 heteroatoms. The largest absolute Gasteiger partial charge is 0.0616 e. The molecule has 0 aliphatic rings. The second-order valence-corrected chi connectivity index (χ2v) is 13.3. The fourth-order valence-corrected chi connectivity index (χ4v) is 7.59. The highest BCUT2D eigenvalue weighted by atomic mass is 14.1. The first kappa shape index (κ1) is 31.2. The van der Waals surface area contributed by atoms with Gasteiger partial charge in [-0.1, -0.05) is 206 Å². The summed E-state index contributed by atoms with van der Waals surface area (Å²) in [5.74, 6) is 0. The van der Waals surface area contributed by atoms with Crippen LogP contribution in [-0.4, -0.2) is 0 Å². The van der Waals surface area contributed by atoms with Crippen LogP contribution in [0, 0.1) is 0 Å². The molecule has 10 aromatic carbocycles. The van der Waals surface area contributed by atoms with E-state index < -0.39 is 0 Å². The molecule has 0 unspecified atom stereocenters. The summed E-state index contributed by atoms with van der Waals surface area (Å²) in [6.07, 6.45) is 9.03. The highest BCUT2D eigenvalue weighted by Gasteiger charge is 2.07. The van der Waals surface area contributed by atoms with E-state index in [0.29, 0.717) is 0 Å². The van der Waals surface area contributed by atoms with Crippen LogP contribution in [0.1, 0.15) is 22.3 Å². The van der Waals surface area contributed by atoms with E-state index in [1.807, 2.05) is 0 Å². The molecule has 0 amide bonds. The van der Waals surface area contributed by atoms with Crippen LogP contribution in [0.5, 0.6) is 0 Å². The first-order valence-corrected chi connectivity index (χ1v) is 17.9. The number of benzene rings is 10. The van der Waals surface area contributed by atoms with Gasteiger partial charge < -0.3 is 0 Å². The van der Waals surface area contributed by atoms with Crippen molar-refractivity contribution in [2.75, 3.05) is 0 Å². The predicted octanol–water partition coefficient (Wildman–Crippen LogP) is 14.6. The number of fused-ring (bicyclic) bond motifs is 6. The van der Waals surface area contributed by atoms with E-state index in [4.69, 9.17) is 0 Å². The van der Waals surface area contributed by atoms with Gasteiger partial charge in [-0.15, -0.1) is 0 Å². The molecule has 0 aliphatic heterocycles. The fourth-order valence-electron chi connectivity index (χ4n) is 7.59. The van der Waals surface area contributed by atoms with Crippen LogP contribution in [0.2, 0.25) is 0 Å². The Bertz CT molecular complexity index is 2640. The smallest absolute Gasteiger partial charge is 0.00992 e. The Hall–Kier alpha value is -6.76. The van der Waals surface area contributed by atoms with Crippen LogP contribution in [0.4, 0.5) is 0 Å². The van der Waals surface area contributed by atoms with Gasteiger partial charge in [0.05, 0.1) is 0 Å². The molecule has 0 aromatic heterocycles. The lowest BCUT2D eigenvalue weighted by Crippen LogP contribution is -1.83. The molecule has 244 valence electrons. The maximum atomic E-state index is 2.28. The predicted molar refractivity (Wildman–Crippen MR) is 229 cm³/mol. The van der Waals surface area contributed by atoms with Gasteiger partial charge in [-0.3, -0.25) is 0 Å². The average molecular weight is 661 g/mol. The van der Waals surface area contributed by atoms with Crippen molar-refractivity contribution in [1.82, 2.24) is 0 Å². The molecule has 0 saturated carbocycles. The van der Waals surface area contributed by atoms with Crippen molar-refractivity contribution in [2.45, 2.75) is 0 Å². The Balaban J connectivity index is 0.000000138. The summed E-state index contributed by atoms with van der Waals surface area (Å²) < 4.78 is 0. The summed E-state index contributed by atoms with van der Waals surface area (Å²) in [5, 5.41) is 15.4. The molecule has 0 spiro atoms. The first-order valence-electron chi connectivity index (χ1n) is 17.9. The second-order valence-electron chi connectivity index (χ2n) is 13.3. The summed E-state index contributed by atoms with van der Waals surface area (Å²) in [6, 6.07) is 69.1. The molecule has 0 aliphatic carbocycles. The van der Waals surface area contributed by atoms with Crippen LogP contribution in [0.25, 0.3) is 88.9 Å². The second kappa shape index (κ2) is 13.9. The van der Waals surface area contributed by atoms with Gasteiger partial charge in [0.15, 0.2) is 0 Å². The zero-order chi connectivity index (χ0) is 34.7. The summed E-state index contributed by atoms with van der Waals surface area (Å²) in [6.45, 7) is 0. The zero-order valence-corrected chi connectivity index (χ0v) is 28.8. The average Bonchev–Trinajstić information content (AvgIpc) is 3.21. The van der Waals surface area contributed by atoms with Crippen LogP contribution in [-0.2, 0) is 0 Å². The van der Waals surface area contributed by atoms with Crippen molar-refractivity contribution in [2.24, 2.45) is 0 Å². The monoisotopic (exact) mass is 660 g/mol. The maximum absolute atomic E-state index is 2.28. The summed E-state index contributed by atoms with van der Waals surface area (Å²) in [7, 11) is 0. The standard InChI is InChI=1S/2C26H18/c2*1-4-13-23-19(8-1)11-7-12-20(23)16-17-26-24-14-5-2-9-21(24)18-22-10-3-6-15-25(22)26/h2*1-18H/b2*17-16+. The van der Waals surface area contributed by atoms with Crippen molar-refractivity contribution >= 4 is 88.9 Å². The SMILES string of the molecule is C(=C\c1c2ccccc2cc2ccccc12)/c1cccc2ccccc12.C(=C\c1c2ccccc2cc2ccccc12)/c1cccc2ccccc12. The highest BCUT2D eigenvalue weighted by Crippen LogP contribution is 2.32. The van der Waals surface area contributed by atoms with Crippen molar-refractivity contribution in [3.05, 3.63) is 216 Å². The van der Waals surface area contributed by atoms with E-state index >= 15 is 0 Å². The van der Waals surface area contributed by atoms with E-state index in [1.165, 1.54) is 86.9 Å². The third-order valence-corrected chi connectivity index (χ3v) is 10.1. The van der Waals surface area contributed by atoms with Crippen LogP contribution >= 0.6 is 0 Å². The summed E-state index contributed by atoms with van der Waals surface area (Å²) >= 11 is 0. The van der Waals surface area contributed by atoms with Crippen molar-refractivity contribution in [3.63, 3.8) is 0 Å². The molecule has 10 rings (SSSR count). The lowest BCUT2D eigenvalue weighted by atomic mass is 9.95. The molecule has 0 nitrogen and oxygen atoms in total. The molecular weight excluding hydrogens is 625 g/mol. The summed E-state index contributed by atoms with van der Waals surface area (Å²) in [5.41, 5.74) is 5.07. The molecule has 0 radical (unpaired) electrons. The highest BCUT2D eigenvalue weighted by molar-refractivity contribution is 6.10. The van der Waals surface area contributed by atoms with Gasteiger partial charge >= 0.3 is 0 Å². The van der Waals surface area contributed by atoms with Gasteiger partial charge in [0.25, 0.3) is 0 Å². The molecule has 52 heavy (non-hydrogen) atoms. The first-order chi connectivity index (χ1) is 25.8. The van der Waals surface area contributed by atoms with Crippen molar-refractivity contribution in [3.8, 4) is 0 Å². The Labute approximate surface area is 304 Å². The Morgan fingerprint density at radius 2 is 0.481 bits per heavy atom. The molecule has 0 atom stereocenters. The van der Waals surface area contributed by atoms with Gasteiger partial charge in [-0.25, -0.2) is 0 Å². The van der Waals surface area contributed by atoms with Crippen molar-refractivity contribution in [1.29, 1.82) is 0 Å². The Kier molecular flexibility index (Phi) is 8.33. The number of hydrogen-bond donors (Lipinski definition) is 0. The molecule has 0 heterocycles. The lowest BCUT2D eigenvalue weighted by Gasteiger charge is -2.09. The molecule has 0 fully saturated rings. The molecule has 0 saturated heterocycles. The normalized spacial score (nSPS) is 11.7. The number of rotatable bonds is 4. The maximum Gasteiger partial charge on any atom is -0.00992 e. The molecular formula is C52H36. The number of hydrogen-bond acceptors (Lipinski definition) is 0. The fraction of sp³-hybridized carbons (Fsp3) is 0. The van der Waals surface area contributed by atoms with Crippen LogP contribution < -0.4 is 0 Å². The Morgan fingerprint density at radius 3 is 0.827 bits per heavy atom. The van der Waals surface area contributed by atoms with Gasteiger partial charge in [-0.05, 0) is 99.0 Å². The quantitative estimate of drug-likeness (QED) is 0.130. The lowest BCUT2D eigenvalue weighted by molar-refractivity contribution is 1.71. The zero-order valence-electron chi connectivity index (χ0n) is 28.8. The topological polar surface area (TPSA) is 0 Å². The minimum atomic E-state index is 1.25. The third-order valence-electron chi connectivity index (χ3n) is 10.1. The van der Waals surface area contributed by atoms with E-state index in [1.54, 1.807) is 0 Å². The molecule has 0 bridgehead atoms. The minimum absolute atomic E-state index is 1.25. The van der Waals surface area contributed by atoms with E-state index in [0.717, 1.165) is 0 Å². The molecule has 10 aromatic rings. The van der Waals surface area contributed by atoms with E-state index in [2.05, 4.69) is 218 Å². The van der Waals surface area contributed by atoms with Gasteiger partial charge in [-0.2, -0.15) is 0 Å². The van der Waals surface area contributed by atoms with Crippen LogP contribution in [0.15, 0.2) is 194 Å². The third kappa shape index (κ3) is 6.02. The summed E-state index contributed by atoms with van der Waals surface area (Å²) in [4.78, 5) is 0.